The topological polar surface area (TPSA) is 64.3 Å². The Bertz CT molecular complexity index is 191. The minimum Gasteiger partial charge on any atom is -0.380 e. The zero-order valence-electron chi connectivity index (χ0n) is 10.3. The molecule has 0 saturated carbocycles. The Kier molecular flexibility index (Phi) is 6.52. The maximum atomic E-state index is 11.3. The molecule has 0 fully saturated rings. The molecule has 0 rings (SSSR count). The summed E-state index contributed by atoms with van der Waals surface area (Å²) >= 11 is 0. The molecule has 0 unspecified atom stereocenters. The van der Waals surface area contributed by atoms with E-state index in [9.17, 15) is 4.79 Å². The van der Waals surface area contributed by atoms with Gasteiger partial charge in [0.1, 0.15) is 0 Å². The summed E-state index contributed by atoms with van der Waals surface area (Å²) in [6.45, 7) is 9.13. The fourth-order valence-corrected chi connectivity index (χ4v) is 1.18. The molecule has 0 aliphatic heterocycles. The largest absolute Gasteiger partial charge is 0.380 e. The van der Waals surface area contributed by atoms with Crippen molar-refractivity contribution < 1.29 is 9.53 Å². The van der Waals surface area contributed by atoms with Crippen molar-refractivity contribution in [3.63, 3.8) is 0 Å². The summed E-state index contributed by atoms with van der Waals surface area (Å²) in [7, 11) is 0. The second kappa shape index (κ2) is 6.80. The van der Waals surface area contributed by atoms with Gasteiger partial charge < -0.3 is 4.74 Å². The zero-order valence-corrected chi connectivity index (χ0v) is 10.3. The third-order valence-corrected chi connectivity index (χ3v) is 2.28. The molecule has 0 aliphatic carbocycles. The number of hydrazine groups is 1. The Morgan fingerprint density at radius 2 is 2.07 bits per heavy atom. The van der Waals surface area contributed by atoms with Crippen LogP contribution in [0.15, 0.2) is 0 Å². The number of ether oxygens (including phenoxy) is 1. The van der Waals surface area contributed by atoms with Crippen molar-refractivity contribution in [3.8, 4) is 0 Å². The average molecular weight is 216 g/mol. The quantitative estimate of drug-likeness (QED) is 0.293. The van der Waals surface area contributed by atoms with E-state index in [1.165, 1.54) is 0 Å². The first kappa shape index (κ1) is 14.4. The lowest BCUT2D eigenvalue weighted by atomic mass is 9.94. The number of hydrogen-bond donors (Lipinski definition) is 2. The minimum atomic E-state index is -0.549. The van der Waals surface area contributed by atoms with E-state index in [-0.39, 0.29) is 5.91 Å². The highest BCUT2D eigenvalue weighted by Crippen LogP contribution is 2.15. The van der Waals surface area contributed by atoms with Crippen molar-refractivity contribution in [1.29, 1.82) is 0 Å². The van der Waals surface area contributed by atoms with Gasteiger partial charge in [0.25, 0.3) is 0 Å². The van der Waals surface area contributed by atoms with Crippen LogP contribution in [-0.4, -0.2) is 19.1 Å². The Morgan fingerprint density at radius 1 is 1.47 bits per heavy atom. The van der Waals surface area contributed by atoms with E-state index in [2.05, 4.69) is 19.3 Å². The van der Waals surface area contributed by atoms with Gasteiger partial charge >= 0.3 is 0 Å². The third kappa shape index (κ3) is 6.47. The Morgan fingerprint density at radius 3 is 2.53 bits per heavy atom. The van der Waals surface area contributed by atoms with Crippen LogP contribution in [0.25, 0.3) is 0 Å². The summed E-state index contributed by atoms with van der Waals surface area (Å²) in [6.07, 6.45) is 2.20. The SMILES string of the molecule is CC(C)CCCOCC(C)(C)C(=O)NN. The van der Waals surface area contributed by atoms with Gasteiger partial charge in [-0.15, -0.1) is 0 Å². The van der Waals surface area contributed by atoms with Crippen LogP contribution in [0.1, 0.15) is 40.5 Å². The molecule has 0 aromatic rings. The van der Waals surface area contributed by atoms with E-state index in [1.807, 2.05) is 13.8 Å². The van der Waals surface area contributed by atoms with Crippen molar-refractivity contribution in [2.75, 3.05) is 13.2 Å². The molecule has 0 spiro atoms. The van der Waals surface area contributed by atoms with Gasteiger partial charge in [0.15, 0.2) is 0 Å². The number of amides is 1. The lowest BCUT2D eigenvalue weighted by Crippen LogP contribution is -2.43. The molecule has 0 saturated heterocycles. The van der Waals surface area contributed by atoms with Crippen LogP contribution < -0.4 is 11.3 Å². The van der Waals surface area contributed by atoms with E-state index in [4.69, 9.17) is 10.6 Å². The van der Waals surface area contributed by atoms with Crippen LogP contribution in [-0.2, 0) is 9.53 Å². The van der Waals surface area contributed by atoms with Crippen molar-refractivity contribution in [2.24, 2.45) is 17.2 Å². The second-order valence-corrected chi connectivity index (χ2v) is 4.95. The van der Waals surface area contributed by atoms with Gasteiger partial charge in [0.05, 0.1) is 12.0 Å². The molecule has 4 nitrogen and oxygen atoms in total. The maximum Gasteiger partial charge on any atom is 0.241 e. The number of nitrogens with one attached hydrogen (secondary N) is 1. The molecule has 1 amide bonds. The highest BCUT2D eigenvalue weighted by molar-refractivity contribution is 5.81. The molecule has 0 atom stereocenters. The fraction of sp³-hybridized carbons (Fsp3) is 0.909. The lowest BCUT2D eigenvalue weighted by molar-refractivity contribution is -0.132. The number of carbonyl (C=O) groups is 1. The Balaban J connectivity index is 3.62. The molecule has 0 radical (unpaired) electrons. The number of hydrogen-bond acceptors (Lipinski definition) is 3. The minimum absolute atomic E-state index is 0.189. The van der Waals surface area contributed by atoms with Crippen molar-refractivity contribution in [2.45, 2.75) is 40.5 Å². The van der Waals surface area contributed by atoms with Crippen LogP contribution in [0.3, 0.4) is 0 Å². The standard InChI is InChI=1S/C11H24N2O2/c1-9(2)6-5-7-15-8-11(3,4)10(14)13-12/h9H,5-8,12H2,1-4H3,(H,13,14). The van der Waals surface area contributed by atoms with Crippen molar-refractivity contribution in [1.82, 2.24) is 5.43 Å². The van der Waals surface area contributed by atoms with Crippen LogP contribution >= 0.6 is 0 Å². The van der Waals surface area contributed by atoms with Gasteiger partial charge in [-0.3, -0.25) is 10.2 Å². The molecule has 0 aromatic heterocycles. The first-order valence-corrected chi connectivity index (χ1v) is 5.49. The number of carbonyl (C=O) groups excluding carboxylic acids is 1. The first-order valence-electron chi connectivity index (χ1n) is 5.49. The van der Waals surface area contributed by atoms with E-state index in [1.54, 1.807) is 0 Å². The van der Waals surface area contributed by atoms with Crippen molar-refractivity contribution in [3.05, 3.63) is 0 Å². The summed E-state index contributed by atoms with van der Waals surface area (Å²) in [4.78, 5) is 11.3. The van der Waals surface area contributed by atoms with Gasteiger partial charge in [-0.1, -0.05) is 13.8 Å². The molecular weight excluding hydrogens is 192 g/mol. The third-order valence-electron chi connectivity index (χ3n) is 2.28. The predicted octanol–water partition coefficient (Wildman–Crippen LogP) is 1.46. The number of nitrogens with two attached hydrogens (primary N) is 1. The summed E-state index contributed by atoms with van der Waals surface area (Å²) < 4.78 is 5.46. The molecule has 0 bridgehead atoms. The van der Waals surface area contributed by atoms with Crippen LogP contribution in [0.2, 0.25) is 0 Å². The van der Waals surface area contributed by atoms with Crippen molar-refractivity contribution >= 4 is 5.91 Å². The van der Waals surface area contributed by atoms with E-state index in [0.29, 0.717) is 19.1 Å². The highest BCUT2D eigenvalue weighted by Gasteiger charge is 2.26. The molecule has 0 aromatic carbocycles. The van der Waals surface area contributed by atoms with Crippen LogP contribution in [0.4, 0.5) is 0 Å². The van der Waals surface area contributed by atoms with E-state index < -0.39 is 5.41 Å². The van der Waals surface area contributed by atoms with Crippen LogP contribution in [0, 0.1) is 11.3 Å². The Hall–Kier alpha value is -0.610. The lowest BCUT2D eigenvalue weighted by Gasteiger charge is -2.22. The molecule has 0 aliphatic rings. The zero-order chi connectivity index (χ0) is 11.9. The van der Waals surface area contributed by atoms with Gasteiger partial charge in [-0.25, -0.2) is 5.84 Å². The average Bonchev–Trinajstić information content (AvgIpc) is 2.15. The van der Waals surface area contributed by atoms with Gasteiger partial charge in [-0.05, 0) is 32.6 Å². The molecular formula is C11H24N2O2. The summed E-state index contributed by atoms with van der Waals surface area (Å²) in [5.41, 5.74) is 1.60. The number of rotatable bonds is 7. The predicted molar refractivity (Wildman–Crippen MR) is 61.0 cm³/mol. The highest BCUT2D eigenvalue weighted by atomic mass is 16.5. The molecule has 0 heterocycles. The van der Waals surface area contributed by atoms with Gasteiger partial charge in [-0.2, -0.15) is 0 Å². The second-order valence-electron chi connectivity index (χ2n) is 4.95. The Labute approximate surface area is 92.5 Å². The van der Waals surface area contributed by atoms with E-state index >= 15 is 0 Å². The molecule has 15 heavy (non-hydrogen) atoms. The monoisotopic (exact) mass is 216 g/mol. The van der Waals surface area contributed by atoms with E-state index in [0.717, 1.165) is 12.8 Å². The van der Waals surface area contributed by atoms with Gasteiger partial charge in [0.2, 0.25) is 5.91 Å². The first-order chi connectivity index (χ1) is 6.90. The molecule has 4 heteroatoms. The normalized spacial score (nSPS) is 11.9. The smallest absolute Gasteiger partial charge is 0.241 e. The summed E-state index contributed by atoms with van der Waals surface area (Å²) in [5, 5.41) is 0. The molecule has 3 N–H and O–H groups in total. The fourth-order valence-electron chi connectivity index (χ4n) is 1.18. The maximum absolute atomic E-state index is 11.3. The summed E-state index contributed by atoms with van der Waals surface area (Å²) in [6, 6.07) is 0. The summed E-state index contributed by atoms with van der Waals surface area (Å²) in [5.74, 6) is 5.59. The molecule has 90 valence electrons. The van der Waals surface area contributed by atoms with Gasteiger partial charge in [0, 0.05) is 6.61 Å². The van der Waals surface area contributed by atoms with Crippen LogP contribution in [0.5, 0.6) is 0 Å².